The van der Waals surface area contributed by atoms with Gasteiger partial charge < -0.3 is 15.0 Å². The number of ether oxygens (including phenoxy) is 1. The third kappa shape index (κ3) is 3.10. The van der Waals surface area contributed by atoms with Gasteiger partial charge in [0, 0.05) is 27.1 Å². The molecule has 1 saturated heterocycles. The Balaban J connectivity index is 1.52. The second kappa shape index (κ2) is 6.96. The minimum Gasteiger partial charge on any atom is -0.379 e. The quantitative estimate of drug-likeness (QED) is 0.896. The highest BCUT2D eigenvalue weighted by molar-refractivity contribution is 7.17. The van der Waals surface area contributed by atoms with Crippen molar-refractivity contribution < 1.29 is 14.3 Å². The van der Waals surface area contributed by atoms with Crippen LogP contribution in [0.15, 0.2) is 23.7 Å². The highest BCUT2D eigenvalue weighted by Gasteiger charge is 2.44. The van der Waals surface area contributed by atoms with E-state index in [4.69, 9.17) is 4.74 Å². The SMILES string of the molecule is CO[C@@H]1C[C@H]2CN(C(=O)c3cccc4ncsc34)C[C@H]2C[C@H]1NC(C)=O. The van der Waals surface area contributed by atoms with Crippen LogP contribution in [0.4, 0.5) is 0 Å². The number of nitrogens with one attached hydrogen (secondary N) is 1. The van der Waals surface area contributed by atoms with Crippen molar-refractivity contribution in [3.8, 4) is 0 Å². The van der Waals surface area contributed by atoms with E-state index in [0.717, 1.165) is 41.7 Å². The van der Waals surface area contributed by atoms with Crippen LogP contribution in [0, 0.1) is 11.8 Å². The van der Waals surface area contributed by atoms with Gasteiger partial charge in [0.25, 0.3) is 5.91 Å². The van der Waals surface area contributed by atoms with E-state index in [1.807, 2.05) is 23.1 Å². The summed E-state index contributed by atoms with van der Waals surface area (Å²) in [5.41, 5.74) is 3.40. The van der Waals surface area contributed by atoms with E-state index >= 15 is 0 Å². The number of carbonyl (C=O) groups is 2. The lowest BCUT2D eigenvalue weighted by Crippen LogP contribution is -2.49. The second-order valence-corrected chi connectivity index (χ2v) is 8.14. The van der Waals surface area contributed by atoms with Gasteiger partial charge >= 0.3 is 0 Å². The summed E-state index contributed by atoms with van der Waals surface area (Å²) in [6.07, 6.45) is 1.75. The molecule has 1 saturated carbocycles. The summed E-state index contributed by atoms with van der Waals surface area (Å²) in [7, 11) is 1.70. The Labute approximate surface area is 156 Å². The number of likely N-dealkylation sites (tertiary alicyclic amines) is 1. The first-order chi connectivity index (χ1) is 12.6. The zero-order valence-electron chi connectivity index (χ0n) is 15.0. The monoisotopic (exact) mass is 373 g/mol. The molecule has 2 aliphatic rings. The third-order valence-corrected chi connectivity index (χ3v) is 6.56. The number of carbonyl (C=O) groups excluding carboxylic acids is 2. The molecular formula is C19H23N3O3S. The van der Waals surface area contributed by atoms with Crippen molar-refractivity contribution in [3.05, 3.63) is 29.3 Å². The van der Waals surface area contributed by atoms with Crippen molar-refractivity contribution >= 4 is 33.4 Å². The number of methoxy groups -OCH3 is 1. The van der Waals surface area contributed by atoms with E-state index in [2.05, 4.69) is 10.3 Å². The summed E-state index contributed by atoms with van der Waals surface area (Å²) >= 11 is 1.51. The van der Waals surface area contributed by atoms with Crippen molar-refractivity contribution in [1.82, 2.24) is 15.2 Å². The fourth-order valence-corrected chi connectivity index (χ4v) is 5.27. The molecule has 2 fully saturated rings. The lowest BCUT2D eigenvalue weighted by atomic mass is 9.77. The second-order valence-electron chi connectivity index (χ2n) is 7.29. The van der Waals surface area contributed by atoms with E-state index in [9.17, 15) is 9.59 Å². The Morgan fingerprint density at radius 1 is 1.27 bits per heavy atom. The average Bonchev–Trinajstić information content (AvgIpc) is 3.25. The van der Waals surface area contributed by atoms with Gasteiger partial charge in [-0.2, -0.15) is 0 Å². The van der Waals surface area contributed by atoms with Crippen LogP contribution in [0.1, 0.15) is 30.1 Å². The normalized spacial score (nSPS) is 28.2. The van der Waals surface area contributed by atoms with Gasteiger partial charge in [-0.25, -0.2) is 4.98 Å². The van der Waals surface area contributed by atoms with Gasteiger partial charge in [0.2, 0.25) is 5.91 Å². The van der Waals surface area contributed by atoms with E-state index in [1.54, 1.807) is 19.5 Å². The molecular weight excluding hydrogens is 350 g/mol. The zero-order valence-corrected chi connectivity index (χ0v) is 15.8. The standard InChI is InChI=1S/C19H23N3O3S/c1-11(23)21-16-6-12-8-22(9-13(12)7-17(16)25-2)19(24)14-4-3-5-15-18(14)26-10-20-15/h3-5,10,12-13,16-17H,6-9H2,1-2H3,(H,21,23)/t12-,13+,16-,17-/m1/s1. The van der Waals surface area contributed by atoms with Crippen molar-refractivity contribution in [2.45, 2.75) is 31.9 Å². The molecule has 0 bridgehead atoms. The molecule has 4 rings (SSSR count). The number of rotatable bonds is 3. The first-order valence-electron chi connectivity index (χ1n) is 8.98. The minimum atomic E-state index is -0.0293. The molecule has 26 heavy (non-hydrogen) atoms. The number of benzene rings is 1. The van der Waals surface area contributed by atoms with Crippen molar-refractivity contribution in [3.63, 3.8) is 0 Å². The Morgan fingerprint density at radius 3 is 2.77 bits per heavy atom. The number of hydrogen-bond donors (Lipinski definition) is 1. The summed E-state index contributed by atoms with van der Waals surface area (Å²) in [5, 5.41) is 3.02. The van der Waals surface area contributed by atoms with Crippen LogP contribution in [-0.4, -0.2) is 54.0 Å². The molecule has 2 heterocycles. The highest BCUT2D eigenvalue weighted by Crippen LogP contribution is 2.38. The first kappa shape index (κ1) is 17.4. The van der Waals surface area contributed by atoms with E-state index < -0.39 is 0 Å². The zero-order chi connectivity index (χ0) is 18.3. The molecule has 1 aliphatic carbocycles. The van der Waals surface area contributed by atoms with Crippen LogP contribution in [0.3, 0.4) is 0 Å². The van der Waals surface area contributed by atoms with Gasteiger partial charge in [-0.3, -0.25) is 9.59 Å². The molecule has 0 spiro atoms. The lowest BCUT2D eigenvalue weighted by molar-refractivity contribution is -0.121. The third-order valence-electron chi connectivity index (χ3n) is 5.68. The van der Waals surface area contributed by atoms with Gasteiger partial charge in [0.1, 0.15) is 0 Å². The number of nitrogens with zero attached hydrogens (tertiary/aromatic N) is 2. The van der Waals surface area contributed by atoms with Gasteiger partial charge in [0.15, 0.2) is 0 Å². The van der Waals surface area contributed by atoms with E-state index in [-0.39, 0.29) is 24.0 Å². The maximum Gasteiger partial charge on any atom is 0.255 e. The molecule has 2 aromatic rings. The predicted molar refractivity (Wildman–Crippen MR) is 100 cm³/mol. The summed E-state index contributed by atoms with van der Waals surface area (Å²) in [4.78, 5) is 30.9. The maximum atomic E-state index is 13.1. The van der Waals surface area contributed by atoms with Gasteiger partial charge in [-0.05, 0) is 36.8 Å². The number of fused-ring (bicyclic) bond motifs is 2. The molecule has 0 unspecified atom stereocenters. The largest absolute Gasteiger partial charge is 0.379 e. The van der Waals surface area contributed by atoms with E-state index in [0.29, 0.717) is 11.8 Å². The first-order valence-corrected chi connectivity index (χ1v) is 9.86. The van der Waals surface area contributed by atoms with Crippen LogP contribution in [-0.2, 0) is 9.53 Å². The Hall–Kier alpha value is -1.99. The van der Waals surface area contributed by atoms with Crippen molar-refractivity contribution in [2.24, 2.45) is 11.8 Å². The summed E-state index contributed by atoms with van der Waals surface area (Å²) in [6, 6.07) is 5.75. The van der Waals surface area contributed by atoms with Crippen molar-refractivity contribution in [2.75, 3.05) is 20.2 Å². The molecule has 1 aliphatic heterocycles. The fourth-order valence-electron chi connectivity index (χ4n) is 4.48. The predicted octanol–water partition coefficient (Wildman–Crippen LogP) is 2.30. The smallest absolute Gasteiger partial charge is 0.255 e. The number of hydrogen-bond acceptors (Lipinski definition) is 5. The molecule has 6 nitrogen and oxygen atoms in total. The van der Waals surface area contributed by atoms with Crippen LogP contribution in [0.25, 0.3) is 10.2 Å². The molecule has 1 aromatic heterocycles. The van der Waals surface area contributed by atoms with Gasteiger partial charge in [-0.15, -0.1) is 11.3 Å². The van der Waals surface area contributed by atoms with Crippen molar-refractivity contribution in [1.29, 1.82) is 0 Å². The Morgan fingerprint density at radius 2 is 2.04 bits per heavy atom. The molecule has 138 valence electrons. The van der Waals surface area contributed by atoms with Crippen LogP contribution >= 0.6 is 11.3 Å². The van der Waals surface area contributed by atoms with Gasteiger partial charge in [0.05, 0.1) is 33.4 Å². The van der Waals surface area contributed by atoms with Crippen LogP contribution in [0.2, 0.25) is 0 Å². The summed E-state index contributed by atoms with van der Waals surface area (Å²) in [6.45, 7) is 3.04. The van der Waals surface area contributed by atoms with Crippen LogP contribution < -0.4 is 5.32 Å². The number of thiazole rings is 1. The molecule has 4 atom stereocenters. The molecule has 2 amide bonds. The molecule has 0 radical (unpaired) electrons. The van der Waals surface area contributed by atoms with Gasteiger partial charge in [-0.1, -0.05) is 6.07 Å². The number of amides is 2. The summed E-state index contributed by atoms with van der Waals surface area (Å²) < 4.78 is 6.57. The van der Waals surface area contributed by atoms with Crippen LogP contribution in [0.5, 0.6) is 0 Å². The number of aromatic nitrogens is 1. The Kier molecular flexibility index (Phi) is 4.67. The molecule has 7 heteroatoms. The molecule has 1 N–H and O–H groups in total. The van der Waals surface area contributed by atoms with E-state index in [1.165, 1.54) is 11.3 Å². The topological polar surface area (TPSA) is 71.5 Å². The summed E-state index contributed by atoms with van der Waals surface area (Å²) in [5.74, 6) is 0.884. The maximum absolute atomic E-state index is 13.1. The fraction of sp³-hybridized carbons (Fsp3) is 0.526. The Bertz CT molecular complexity index is 836. The molecule has 1 aromatic carbocycles. The minimum absolute atomic E-state index is 0.0140. The average molecular weight is 373 g/mol. The highest BCUT2D eigenvalue weighted by atomic mass is 32.1. The lowest BCUT2D eigenvalue weighted by Gasteiger charge is -2.37.